The number of halogens is 1. The van der Waals surface area contributed by atoms with Gasteiger partial charge in [-0.3, -0.25) is 4.79 Å². The number of pyridine rings is 1. The van der Waals surface area contributed by atoms with Gasteiger partial charge in [0, 0.05) is 43.5 Å². The predicted octanol–water partition coefficient (Wildman–Crippen LogP) is 4.36. The summed E-state index contributed by atoms with van der Waals surface area (Å²) in [5.41, 5.74) is 2.62. The van der Waals surface area contributed by atoms with Crippen molar-refractivity contribution in [1.29, 1.82) is 0 Å². The standard InChI is InChI=1S/C19H22FN3O2Si/c1-26(2,3)9-8-25-13-23-17-5-4-14(12-24)10-16(17)19(22-23)15-6-7-21-18(20)11-15/h4-7,10-12H,8-9,13H2,1-3H3. The maximum Gasteiger partial charge on any atom is 0.213 e. The summed E-state index contributed by atoms with van der Waals surface area (Å²) >= 11 is 0. The Bertz CT molecular complexity index is 934. The first-order chi connectivity index (χ1) is 12.4. The monoisotopic (exact) mass is 371 g/mol. The second-order valence-corrected chi connectivity index (χ2v) is 13.1. The molecule has 0 aliphatic rings. The Morgan fingerprint density at radius 1 is 1.23 bits per heavy atom. The number of benzene rings is 1. The quantitative estimate of drug-likeness (QED) is 0.268. The van der Waals surface area contributed by atoms with Gasteiger partial charge in [0.2, 0.25) is 5.95 Å². The van der Waals surface area contributed by atoms with E-state index in [2.05, 4.69) is 29.7 Å². The highest BCUT2D eigenvalue weighted by Crippen LogP contribution is 2.29. The van der Waals surface area contributed by atoms with E-state index in [9.17, 15) is 9.18 Å². The fourth-order valence-corrected chi connectivity index (χ4v) is 3.42. The largest absolute Gasteiger partial charge is 0.360 e. The van der Waals surface area contributed by atoms with Crippen LogP contribution in [0.3, 0.4) is 0 Å². The average Bonchev–Trinajstić information content (AvgIpc) is 2.96. The number of carbonyl (C=O) groups excluding carboxylic acids is 1. The van der Waals surface area contributed by atoms with Crippen LogP contribution >= 0.6 is 0 Å². The molecule has 7 heteroatoms. The Morgan fingerprint density at radius 3 is 2.73 bits per heavy atom. The van der Waals surface area contributed by atoms with Gasteiger partial charge < -0.3 is 4.74 Å². The third-order valence-corrected chi connectivity index (χ3v) is 5.82. The highest BCUT2D eigenvalue weighted by Gasteiger charge is 2.15. The number of nitrogens with zero attached hydrogens (tertiary/aromatic N) is 3. The summed E-state index contributed by atoms with van der Waals surface area (Å²) in [5.74, 6) is -0.567. The number of aldehydes is 1. The van der Waals surface area contributed by atoms with Crippen LogP contribution in [0.25, 0.3) is 22.2 Å². The van der Waals surface area contributed by atoms with Crippen LogP contribution in [-0.2, 0) is 11.5 Å². The van der Waals surface area contributed by atoms with E-state index in [1.807, 2.05) is 6.07 Å². The Morgan fingerprint density at radius 2 is 2.04 bits per heavy atom. The minimum Gasteiger partial charge on any atom is -0.360 e. The molecule has 0 saturated heterocycles. The summed E-state index contributed by atoms with van der Waals surface area (Å²) < 4.78 is 21.1. The summed E-state index contributed by atoms with van der Waals surface area (Å²) in [6.45, 7) is 7.90. The van der Waals surface area contributed by atoms with Crippen LogP contribution in [0.4, 0.5) is 4.39 Å². The highest BCUT2D eigenvalue weighted by atomic mass is 28.3. The van der Waals surface area contributed by atoms with E-state index in [1.165, 1.54) is 12.3 Å². The summed E-state index contributed by atoms with van der Waals surface area (Å²) in [7, 11) is -1.16. The van der Waals surface area contributed by atoms with Gasteiger partial charge in [-0.15, -0.1) is 0 Å². The van der Waals surface area contributed by atoms with Crippen LogP contribution in [0.1, 0.15) is 10.4 Å². The number of fused-ring (bicyclic) bond motifs is 1. The number of hydrogen-bond donors (Lipinski definition) is 0. The molecule has 1 aromatic carbocycles. The summed E-state index contributed by atoms with van der Waals surface area (Å²) in [6.07, 6.45) is 2.20. The van der Waals surface area contributed by atoms with Gasteiger partial charge in [0.15, 0.2) is 0 Å². The van der Waals surface area contributed by atoms with Crippen molar-refractivity contribution >= 4 is 25.3 Å². The molecular formula is C19H22FN3O2Si. The summed E-state index contributed by atoms with van der Waals surface area (Å²) in [6, 6.07) is 9.47. The molecule has 2 aromatic heterocycles. The lowest BCUT2D eigenvalue weighted by atomic mass is 10.1. The van der Waals surface area contributed by atoms with Crippen molar-refractivity contribution in [3.8, 4) is 11.3 Å². The van der Waals surface area contributed by atoms with Crippen LogP contribution in [0, 0.1) is 5.95 Å². The predicted molar refractivity (Wildman–Crippen MR) is 102 cm³/mol. The molecule has 0 aliphatic carbocycles. The SMILES string of the molecule is C[Si](C)(C)CCOCn1nc(-c2ccnc(F)c2)c2cc(C=O)ccc21. The van der Waals surface area contributed by atoms with Crippen LogP contribution in [0.15, 0.2) is 36.5 Å². The molecular weight excluding hydrogens is 349 g/mol. The van der Waals surface area contributed by atoms with E-state index in [1.54, 1.807) is 22.9 Å². The van der Waals surface area contributed by atoms with E-state index in [0.29, 0.717) is 30.2 Å². The molecule has 0 atom stereocenters. The van der Waals surface area contributed by atoms with Gasteiger partial charge in [-0.1, -0.05) is 19.6 Å². The van der Waals surface area contributed by atoms with Crippen LogP contribution in [0.5, 0.6) is 0 Å². The molecule has 0 aliphatic heterocycles. The maximum atomic E-state index is 13.5. The molecule has 0 bridgehead atoms. The summed E-state index contributed by atoms with van der Waals surface area (Å²) in [4.78, 5) is 14.7. The van der Waals surface area contributed by atoms with Crippen LogP contribution in [-0.4, -0.2) is 35.7 Å². The van der Waals surface area contributed by atoms with Crippen molar-refractivity contribution in [2.75, 3.05) is 6.61 Å². The second-order valence-electron chi connectivity index (χ2n) is 7.46. The molecule has 5 nitrogen and oxygen atoms in total. The van der Waals surface area contributed by atoms with E-state index < -0.39 is 14.0 Å². The Balaban J connectivity index is 1.95. The van der Waals surface area contributed by atoms with Gasteiger partial charge in [-0.05, 0) is 30.3 Å². The number of aromatic nitrogens is 3. The molecule has 3 rings (SSSR count). The van der Waals surface area contributed by atoms with Crippen molar-refractivity contribution in [2.24, 2.45) is 0 Å². The maximum absolute atomic E-state index is 13.5. The number of hydrogen-bond acceptors (Lipinski definition) is 4. The molecule has 0 unspecified atom stereocenters. The van der Waals surface area contributed by atoms with Crippen LogP contribution in [0.2, 0.25) is 25.7 Å². The average molecular weight is 371 g/mol. The number of rotatable bonds is 7. The van der Waals surface area contributed by atoms with Gasteiger partial charge in [-0.25, -0.2) is 9.67 Å². The zero-order valence-electron chi connectivity index (χ0n) is 15.2. The van der Waals surface area contributed by atoms with Crippen molar-refractivity contribution in [3.63, 3.8) is 0 Å². The van der Waals surface area contributed by atoms with Gasteiger partial charge in [0.05, 0.1) is 5.52 Å². The van der Waals surface area contributed by atoms with E-state index >= 15 is 0 Å². The topological polar surface area (TPSA) is 57.0 Å². The first-order valence-electron chi connectivity index (χ1n) is 8.53. The minimum absolute atomic E-state index is 0.314. The zero-order valence-corrected chi connectivity index (χ0v) is 16.2. The van der Waals surface area contributed by atoms with Crippen LogP contribution < -0.4 is 0 Å². The fraction of sp³-hybridized carbons (Fsp3) is 0.316. The first-order valence-corrected chi connectivity index (χ1v) is 12.2. The normalized spacial score (nSPS) is 11.8. The third kappa shape index (κ3) is 4.23. The molecule has 2 heterocycles. The van der Waals surface area contributed by atoms with E-state index in [-0.39, 0.29) is 0 Å². The number of ether oxygens (including phenoxy) is 1. The molecule has 0 spiro atoms. The van der Waals surface area contributed by atoms with E-state index in [0.717, 1.165) is 23.2 Å². The Kier molecular flexibility index (Phi) is 5.29. The van der Waals surface area contributed by atoms with Crippen molar-refractivity contribution < 1.29 is 13.9 Å². The van der Waals surface area contributed by atoms with E-state index in [4.69, 9.17) is 4.74 Å². The third-order valence-electron chi connectivity index (χ3n) is 4.12. The minimum atomic E-state index is -1.16. The molecule has 136 valence electrons. The lowest BCUT2D eigenvalue weighted by Gasteiger charge is -2.15. The van der Waals surface area contributed by atoms with Gasteiger partial charge in [0.1, 0.15) is 18.7 Å². The second kappa shape index (κ2) is 7.47. The molecule has 0 fully saturated rings. The highest BCUT2D eigenvalue weighted by molar-refractivity contribution is 6.76. The fourth-order valence-electron chi connectivity index (χ4n) is 2.66. The smallest absolute Gasteiger partial charge is 0.213 e. The first kappa shape index (κ1) is 18.4. The Labute approximate surface area is 152 Å². The lowest BCUT2D eigenvalue weighted by molar-refractivity contribution is 0.0818. The summed E-state index contributed by atoms with van der Waals surface area (Å²) in [5, 5.41) is 5.39. The molecule has 3 aromatic rings. The lowest BCUT2D eigenvalue weighted by Crippen LogP contribution is -2.22. The molecule has 0 radical (unpaired) electrons. The van der Waals surface area contributed by atoms with Gasteiger partial charge in [0.25, 0.3) is 0 Å². The van der Waals surface area contributed by atoms with Gasteiger partial charge in [-0.2, -0.15) is 9.49 Å². The van der Waals surface area contributed by atoms with Crippen molar-refractivity contribution in [2.45, 2.75) is 32.4 Å². The van der Waals surface area contributed by atoms with Gasteiger partial charge >= 0.3 is 0 Å². The molecule has 0 N–H and O–H groups in total. The molecule has 0 amide bonds. The number of carbonyl (C=O) groups is 1. The van der Waals surface area contributed by atoms with Crippen molar-refractivity contribution in [1.82, 2.24) is 14.8 Å². The van der Waals surface area contributed by atoms with Crippen molar-refractivity contribution in [3.05, 3.63) is 48.0 Å². The zero-order chi connectivity index (χ0) is 18.7. The molecule has 0 saturated carbocycles. The molecule has 26 heavy (non-hydrogen) atoms. The Hall–Kier alpha value is -2.38.